The lowest BCUT2D eigenvalue weighted by Gasteiger charge is -2.39. The monoisotopic (exact) mass is 340 g/mol. The summed E-state index contributed by atoms with van der Waals surface area (Å²) in [7, 11) is 0. The standard InChI is InChI=1S/C18H23F3N2O/c1-16(2)8-14-9-17(3,10-16)11-23(14)15(24)22-13-6-4-5-12(7-13)18(19,20)21/h4-7,14H,8-11H2,1-3H3,(H,22,24)/t14-,17+/m1/s1. The molecule has 2 amide bonds. The van der Waals surface area contributed by atoms with E-state index >= 15 is 0 Å². The number of fused-ring (bicyclic) bond motifs is 2. The number of anilines is 1. The highest BCUT2D eigenvalue weighted by Gasteiger charge is 2.51. The fourth-order valence-electron chi connectivity index (χ4n) is 4.67. The highest BCUT2D eigenvalue weighted by Crippen LogP contribution is 2.52. The van der Waals surface area contributed by atoms with Gasteiger partial charge in [-0.2, -0.15) is 13.2 Å². The summed E-state index contributed by atoms with van der Waals surface area (Å²) in [5.41, 5.74) is -0.297. The van der Waals surface area contributed by atoms with Gasteiger partial charge in [-0.3, -0.25) is 0 Å². The molecule has 6 heteroatoms. The van der Waals surface area contributed by atoms with Crippen LogP contribution in [0.5, 0.6) is 0 Å². The Hall–Kier alpha value is -1.72. The van der Waals surface area contributed by atoms with Crippen molar-refractivity contribution in [2.24, 2.45) is 10.8 Å². The van der Waals surface area contributed by atoms with Crippen LogP contribution in [-0.2, 0) is 6.18 Å². The van der Waals surface area contributed by atoms with Crippen molar-refractivity contribution in [1.82, 2.24) is 4.90 Å². The van der Waals surface area contributed by atoms with E-state index in [2.05, 4.69) is 26.1 Å². The van der Waals surface area contributed by atoms with Gasteiger partial charge in [0.1, 0.15) is 0 Å². The molecule has 1 aromatic carbocycles. The van der Waals surface area contributed by atoms with E-state index in [9.17, 15) is 18.0 Å². The van der Waals surface area contributed by atoms with Crippen LogP contribution >= 0.6 is 0 Å². The maximum Gasteiger partial charge on any atom is 0.416 e. The van der Waals surface area contributed by atoms with E-state index in [0.29, 0.717) is 6.54 Å². The van der Waals surface area contributed by atoms with Crippen LogP contribution in [0.1, 0.15) is 45.6 Å². The second kappa shape index (κ2) is 5.39. The molecule has 1 N–H and O–H groups in total. The van der Waals surface area contributed by atoms with Gasteiger partial charge in [-0.05, 0) is 48.3 Å². The Kier molecular flexibility index (Phi) is 3.85. The van der Waals surface area contributed by atoms with Crippen LogP contribution in [-0.4, -0.2) is 23.5 Å². The van der Waals surface area contributed by atoms with Gasteiger partial charge in [0.2, 0.25) is 0 Å². The number of rotatable bonds is 1. The number of halogens is 3. The molecule has 2 atom stereocenters. The molecular weight excluding hydrogens is 317 g/mol. The molecule has 1 aliphatic heterocycles. The average Bonchev–Trinajstić information content (AvgIpc) is 2.67. The zero-order valence-electron chi connectivity index (χ0n) is 14.2. The summed E-state index contributed by atoms with van der Waals surface area (Å²) in [5.74, 6) is 0. The summed E-state index contributed by atoms with van der Waals surface area (Å²) in [6.45, 7) is 7.28. The molecule has 1 aromatic rings. The molecule has 0 spiro atoms. The van der Waals surface area contributed by atoms with E-state index in [1.54, 1.807) is 4.90 Å². The quantitative estimate of drug-likeness (QED) is 0.754. The maximum atomic E-state index is 12.8. The van der Waals surface area contributed by atoms with Gasteiger partial charge >= 0.3 is 12.2 Å². The topological polar surface area (TPSA) is 32.3 Å². The van der Waals surface area contributed by atoms with E-state index in [1.807, 2.05) is 0 Å². The number of nitrogens with zero attached hydrogens (tertiary/aromatic N) is 1. The van der Waals surface area contributed by atoms with Gasteiger partial charge in [0.15, 0.2) is 0 Å². The van der Waals surface area contributed by atoms with Crippen molar-refractivity contribution in [1.29, 1.82) is 0 Å². The number of likely N-dealkylation sites (tertiary alicyclic amines) is 1. The molecule has 0 radical (unpaired) electrons. The molecule has 1 saturated carbocycles. The van der Waals surface area contributed by atoms with Crippen molar-refractivity contribution in [3.63, 3.8) is 0 Å². The molecule has 1 saturated heterocycles. The number of alkyl halides is 3. The fraction of sp³-hybridized carbons (Fsp3) is 0.611. The summed E-state index contributed by atoms with van der Waals surface area (Å²) in [6.07, 6.45) is -1.46. The summed E-state index contributed by atoms with van der Waals surface area (Å²) < 4.78 is 38.4. The molecule has 1 heterocycles. The first-order valence-electron chi connectivity index (χ1n) is 8.22. The molecule has 132 valence electrons. The molecule has 2 fully saturated rings. The van der Waals surface area contributed by atoms with Gasteiger partial charge < -0.3 is 10.2 Å². The van der Waals surface area contributed by atoms with Crippen LogP contribution in [0.3, 0.4) is 0 Å². The first kappa shape index (κ1) is 17.1. The third kappa shape index (κ3) is 3.37. The first-order valence-corrected chi connectivity index (χ1v) is 8.22. The minimum absolute atomic E-state index is 0.0948. The number of carbonyl (C=O) groups excluding carboxylic acids is 1. The Morgan fingerprint density at radius 3 is 2.62 bits per heavy atom. The number of hydrogen-bond acceptors (Lipinski definition) is 1. The van der Waals surface area contributed by atoms with Crippen LogP contribution in [0.15, 0.2) is 24.3 Å². The molecule has 24 heavy (non-hydrogen) atoms. The van der Waals surface area contributed by atoms with Crippen molar-refractivity contribution in [2.75, 3.05) is 11.9 Å². The lowest BCUT2D eigenvalue weighted by Crippen LogP contribution is -2.40. The summed E-state index contributed by atoms with van der Waals surface area (Å²) >= 11 is 0. The summed E-state index contributed by atoms with van der Waals surface area (Å²) in [4.78, 5) is 14.4. The number of amides is 2. The summed E-state index contributed by atoms with van der Waals surface area (Å²) in [6, 6.07) is 4.63. The Morgan fingerprint density at radius 1 is 1.25 bits per heavy atom. The fourth-order valence-corrected chi connectivity index (χ4v) is 4.67. The van der Waals surface area contributed by atoms with E-state index in [-0.39, 0.29) is 28.6 Å². The highest BCUT2D eigenvalue weighted by molar-refractivity contribution is 5.90. The van der Waals surface area contributed by atoms with E-state index < -0.39 is 11.7 Å². The van der Waals surface area contributed by atoms with Crippen molar-refractivity contribution in [3.8, 4) is 0 Å². The van der Waals surface area contributed by atoms with Gasteiger partial charge in [0.05, 0.1) is 5.56 Å². The molecule has 0 aromatic heterocycles. The predicted octanol–water partition coefficient (Wildman–Crippen LogP) is 5.14. The zero-order chi connectivity index (χ0) is 17.8. The normalized spacial score (nSPS) is 28.8. The lowest BCUT2D eigenvalue weighted by molar-refractivity contribution is -0.137. The molecule has 1 aliphatic carbocycles. The summed E-state index contributed by atoms with van der Waals surface area (Å²) in [5, 5.41) is 2.64. The van der Waals surface area contributed by atoms with Crippen molar-refractivity contribution < 1.29 is 18.0 Å². The largest absolute Gasteiger partial charge is 0.416 e. The number of urea groups is 1. The van der Waals surface area contributed by atoms with E-state index in [0.717, 1.165) is 31.4 Å². The molecule has 3 nitrogen and oxygen atoms in total. The highest BCUT2D eigenvalue weighted by atomic mass is 19.4. The Balaban J connectivity index is 1.75. The molecule has 0 unspecified atom stereocenters. The van der Waals surface area contributed by atoms with Crippen molar-refractivity contribution in [3.05, 3.63) is 29.8 Å². The molecule has 2 aliphatic rings. The molecule has 3 rings (SSSR count). The van der Waals surface area contributed by atoms with Crippen LogP contribution < -0.4 is 5.32 Å². The first-order chi connectivity index (χ1) is 11.0. The Bertz CT molecular complexity index is 656. The van der Waals surface area contributed by atoms with Gasteiger partial charge in [0.25, 0.3) is 0 Å². The maximum absolute atomic E-state index is 12.8. The average molecular weight is 340 g/mol. The number of hydrogen-bond donors (Lipinski definition) is 1. The second-order valence-electron chi connectivity index (χ2n) is 8.35. The van der Waals surface area contributed by atoms with Gasteiger partial charge in [-0.25, -0.2) is 4.79 Å². The van der Waals surface area contributed by atoms with E-state index in [4.69, 9.17) is 0 Å². The van der Waals surface area contributed by atoms with E-state index in [1.165, 1.54) is 12.1 Å². The van der Waals surface area contributed by atoms with Crippen LogP contribution in [0, 0.1) is 10.8 Å². The second-order valence-corrected chi connectivity index (χ2v) is 8.35. The minimum atomic E-state index is -4.41. The van der Waals surface area contributed by atoms with Crippen LogP contribution in [0.4, 0.5) is 23.7 Å². The third-order valence-electron chi connectivity index (χ3n) is 5.12. The van der Waals surface area contributed by atoms with Crippen molar-refractivity contribution in [2.45, 2.75) is 52.3 Å². The van der Waals surface area contributed by atoms with Crippen LogP contribution in [0.25, 0.3) is 0 Å². The van der Waals surface area contributed by atoms with Crippen LogP contribution in [0.2, 0.25) is 0 Å². The van der Waals surface area contributed by atoms with Gasteiger partial charge in [-0.1, -0.05) is 26.8 Å². The predicted molar refractivity (Wildman–Crippen MR) is 86.7 cm³/mol. The van der Waals surface area contributed by atoms with Gasteiger partial charge in [0, 0.05) is 18.3 Å². The Labute approximate surface area is 140 Å². The third-order valence-corrected chi connectivity index (χ3v) is 5.12. The van der Waals surface area contributed by atoms with Crippen molar-refractivity contribution >= 4 is 11.7 Å². The molecule has 2 bridgehead atoms. The smallest absolute Gasteiger partial charge is 0.321 e. The number of carbonyl (C=O) groups is 1. The lowest BCUT2D eigenvalue weighted by atomic mass is 9.65. The number of benzene rings is 1. The SMILES string of the molecule is CC1(C)C[C@@H]2C[C@](C)(CN2C(=O)Nc2cccc(C(F)(F)F)c2)C1. The minimum Gasteiger partial charge on any atom is -0.321 e. The zero-order valence-corrected chi connectivity index (χ0v) is 14.2. The van der Waals surface area contributed by atoms with Gasteiger partial charge in [-0.15, -0.1) is 0 Å². The molecular formula is C18H23F3N2O. The Morgan fingerprint density at radius 2 is 1.96 bits per heavy atom. The number of nitrogens with one attached hydrogen (secondary N) is 1.